The molecule has 1 amide bonds. The summed E-state index contributed by atoms with van der Waals surface area (Å²) in [6, 6.07) is 5.77. The smallest absolute Gasteiger partial charge is 0.326 e. The second-order valence-electron chi connectivity index (χ2n) is 4.78. The molecule has 0 aliphatic carbocycles. The van der Waals surface area contributed by atoms with E-state index in [2.05, 4.69) is 0 Å². The van der Waals surface area contributed by atoms with Crippen LogP contribution in [-0.2, 0) is 16.0 Å². The van der Waals surface area contributed by atoms with Gasteiger partial charge in [0.25, 0.3) is 0 Å². The molecule has 19 heavy (non-hydrogen) atoms. The highest BCUT2D eigenvalue weighted by molar-refractivity contribution is 5.85. The number of phenols is 1. The van der Waals surface area contributed by atoms with Gasteiger partial charge in [-0.3, -0.25) is 4.79 Å². The van der Waals surface area contributed by atoms with Crippen LogP contribution in [0.4, 0.5) is 0 Å². The molecule has 2 rings (SSSR count). The lowest BCUT2D eigenvalue weighted by Crippen LogP contribution is -2.48. The van der Waals surface area contributed by atoms with Gasteiger partial charge in [-0.05, 0) is 37.0 Å². The van der Waals surface area contributed by atoms with Crippen LogP contribution in [0.5, 0.6) is 5.75 Å². The summed E-state index contributed by atoms with van der Waals surface area (Å²) in [4.78, 5) is 24.8. The number of carbonyl (C=O) groups is 2. The number of carbonyl (C=O) groups excluding carboxylic acids is 1. The summed E-state index contributed by atoms with van der Waals surface area (Å²) in [6.45, 7) is 0.495. The molecule has 1 fully saturated rings. The van der Waals surface area contributed by atoms with E-state index in [0.29, 0.717) is 18.5 Å². The summed E-state index contributed by atoms with van der Waals surface area (Å²) >= 11 is 0. The molecule has 5 nitrogen and oxygen atoms in total. The molecule has 0 aromatic heterocycles. The Morgan fingerprint density at radius 1 is 1.32 bits per heavy atom. The van der Waals surface area contributed by atoms with Gasteiger partial charge in [0.15, 0.2) is 0 Å². The van der Waals surface area contributed by atoms with Crippen LogP contribution in [0, 0.1) is 0 Å². The SMILES string of the molecule is O=C(O)C1CCCCN1C(=O)Cc1cccc(O)c1. The molecule has 0 radical (unpaired) electrons. The van der Waals surface area contributed by atoms with Gasteiger partial charge in [-0.1, -0.05) is 12.1 Å². The van der Waals surface area contributed by atoms with Crippen molar-refractivity contribution >= 4 is 11.9 Å². The Balaban J connectivity index is 2.07. The number of amides is 1. The molecule has 1 aromatic rings. The molecule has 1 unspecified atom stereocenters. The summed E-state index contributed by atoms with van der Waals surface area (Å²) in [6.07, 6.45) is 2.32. The van der Waals surface area contributed by atoms with E-state index in [0.717, 1.165) is 12.8 Å². The van der Waals surface area contributed by atoms with E-state index in [9.17, 15) is 14.7 Å². The number of likely N-dealkylation sites (tertiary alicyclic amines) is 1. The Bertz CT molecular complexity index is 486. The van der Waals surface area contributed by atoms with Gasteiger partial charge in [-0.2, -0.15) is 0 Å². The first kappa shape index (κ1) is 13.4. The predicted molar refractivity (Wildman–Crippen MR) is 68.8 cm³/mol. The largest absolute Gasteiger partial charge is 0.508 e. The van der Waals surface area contributed by atoms with Gasteiger partial charge in [-0.25, -0.2) is 4.79 Å². The number of benzene rings is 1. The third-order valence-corrected chi connectivity index (χ3v) is 3.37. The van der Waals surface area contributed by atoms with Gasteiger partial charge in [0.1, 0.15) is 11.8 Å². The molecule has 0 bridgehead atoms. The molecule has 2 N–H and O–H groups in total. The highest BCUT2D eigenvalue weighted by Gasteiger charge is 2.31. The molecule has 102 valence electrons. The minimum Gasteiger partial charge on any atom is -0.508 e. The Morgan fingerprint density at radius 3 is 2.79 bits per heavy atom. The average molecular weight is 263 g/mol. The Kier molecular flexibility index (Phi) is 4.04. The third-order valence-electron chi connectivity index (χ3n) is 3.37. The van der Waals surface area contributed by atoms with E-state index in [4.69, 9.17) is 5.11 Å². The maximum atomic E-state index is 12.2. The quantitative estimate of drug-likeness (QED) is 0.864. The summed E-state index contributed by atoms with van der Waals surface area (Å²) in [5.74, 6) is -1.03. The van der Waals surface area contributed by atoms with Gasteiger partial charge in [0, 0.05) is 6.54 Å². The number of carboxylic acids is 1. The lowest BCUT2D eigenvalue weighted by atomic mass is 10.0. The van der Waals surface area contributed by atoms with Crippen LogP contribution in [0.1, 0.15) is 24.8 Å². The third kappa shape index (κ3) is 3.24. The fourth-order valence-corrected chi connectivity index (χ4v) is 2.43. The van der Waals surface area contributed by atoms with Crippen molar-refractivity contribution in [3.05, 3.63) is 29.8 Å². The van der Waals surface area contributed by atoms with Crippen LogP contribution in [-0.4, -0.2) is 39.6 Å². The molecule has 1 aromatic carbocycles. The van der Waals surface area contributed by atoms with Gasteiger partial charge in [-0.15, -0.1) is 0 Å². The summed E-state index contributed by atoms with van der Waals surface area (Å²) in [5.41, 5.74) is 0.694. The molecule has 1 saturated heterocycles. The number of piperidine rings is 1. The van der Waals surface area contributed by atoms with Crippen molar-refractivity contribution in [2.75, 3.05) is 6.54 Å². The number of carboxylic acid groups (broad SMARTS) is 1. The highest BCUT2D eigenvalue weighted by atomic mass is 16.4. The standard InChI is InChI=1S/C14H17NO4/c16-11-5-3-4-10(8-11)9-13(17)15-7-2-1-6-12(15)14(18)19/h3-5,8,12,16H,1-2,6-7,9H2,(H,18,19). The van der Waals surface area contributed by atoms with Crippen molar-refractivity contribution in [1.82, 2.24) is 4.90 Å². The molecule has 1 atom stereocenters. The Hall–Kier alpha value is -2.04. The van der Waals surface area contributed by atoms with E-state index in [1.165, 1.54) is 17.0 Å². The molecule has 1 aliphatic heterocycles. The number of rotatable bonds is 3. The predicted octanol–water partition coefficient (Wildman–Crippen LogP) is 1.40. The first-order chi connectivity index (χ1) is 9.08. The fourth-order valence-electron chi connectivity index (χ4n) is 2.43. The van der Waals surface area contributed by atoms with Crippen LogP contribution < -0.4 is 0 Å². The van der Waals surface area contributed by atoms with Crippen molar-refractivity contribution in [2.24, 2.45) is 0 Å². The minimum absolute atomic E-state index is 0.110. The lowest BCUT2D eigenvalue weighted by molar-refractivity contribution is -0.151. The summed E-state index contributed by atoms with van der Waals surface area (Å²) in [5, 5.41) is 18.5. The van der Waals surface area contributed by atoms with Crippen LogP contribution in [0.15, 0.2) is 24.3 Å². The van der Waals surface area contributed by atoms with Crippen LogP contribution in [0.25, 0.3) is 0 Å². The first-order valence-corrected chi connectivity index (χ1v) is 6.38. The molecular formula is C14H17NO4. The Labute approximate surface area is 111 Å². The van der Waals surface area contributed by atoms with Crippen LogP contribution in [0.2, 0.25) is 0 Å². The number of aliphatic carboxylic acids is 1. The number of phenolic OH excluding ortho intramolecular Hbond substituents is 1. The molecule has 5 heteroatoms. The van der Waals surface area contributed by atoms with Gasteiger partial charge >= 0.3 is 5.97 Å². The molecule has 1 aliphatic rings. The topological polar surface area (TPSA) is 77.8 Å². The van der Waals surface area contributed by atoms with Crippen molar-refractivity contribution in [3.8, 4) is 5.75 Å². The Morgan fingerprint density at radius 2 is 2.11 bits per heavy atom. The average Bonchev–Trinajstić information content (AvgIpc) is 2.38. The van der Waals surface area contributed by atoms with Gasteiger partial charge in [0.2, 0.25) is 5.91 Å². The van der Waals surface area contributed by atoms with E-state index < -0.39 is 12.0 Å². The van der Waals surface area contributed by atoms with Gasteiger partial charge in [0.05, 0.1) is 6.42 Å². The van der Waals surface area contributed by atoms with Crippen molar-refractivity contribution in [2.45, 2.75) is 31.7 Å². The van der Waals surface area contributed by atoms with E-state index in [1.54, 1.807) is 12.1 Å². The fraction of sp³-hybridized carbons (Fsp3) is 0.429. The maximum absolute atomic E-state index is 12.2. The van der Waals surface area contributed by atoms with Crippen LogP contribution in [0.3, 0.4) is 0 Å². The number of hydrogen-bond acceptors (Lipinski definition) is 3. The normalized spacial score (nSPS) is 19.2. The summed E-state index contributed by atoms with van der Waals surface area (Å²) in [7, 11) is 0. The molecule has 0 saturated carbocycles. The van der Waals surface area contributed by atoms with Crippen LogP contribution >= 0.6 is 0 Å². The van der Waals surface area contributed by atoms with Crippen molar-refractivity contribution in [1.29, 1.82) is 0 Å². The highest BCUT2D eigenvalue weighted by Crippen LogP contribution is 2.19. The van der Waals surface area contributed by atoms with Gasteiger partial charge < -0.3 is 15.1 Å². The van der Waals surface area contributed by atoms with E-state index in [1.807, 2.05) is 0 Å². The van der Waals surface area contributed by atoms with Crippen molar-refractivity contribution < 1.29 is 19.8 Å². The maximum Gasteiger partial charge on any atom is 0.326 e. The monoisotopic (exact) mass is 263 g/mol. The zero-order valence-electron chi connectivity index (χ0n) is 10.6. The molecular weight excluding hydrogens is 246 g/mol. The van der Waals surface area contributed by atoms with Crippen molar-refractivity contribution in [3.63, 3.8) is 0 Å². The number of hydrogen-bond donors (Lipinski definition) is 2. The molecule has 1 heterocycles. The summed E-state index contributed by atoms with van der Waals surface area (Å²) < 4.78 is 0. The number of aromatic hydroxyl groups is 1. The minimum atomic E-state index is -0.941. The zero-order valence-corrected chi connectivity index (χ0v) is 10.6. The first-order valence-electron chi connectivity index (χ1n) is 6.38. The van der Waals surface area contributed by atoms with E-state index in [-0.39, 0.29) is 18.1 Å². The van der Waals surface area contributed by atoms with E-state index >= 15 is 0 Å². The lowest BCUT2D eigenvalue weighted by Gasteiger charge is -2.33. The number of nitrogens with zero attached hydrogens (tertiary/aromatic N) is 1. The molecule has 0 spiro atoms. The second kappa shape index (κ2) is 5.73. The second-order valence-corrected chi connectivity index (χ2v) is 4.78. The zero-order chi connectivity index (χ0) is 13.8.